The molecular formula is C12H20BrN3O. The molecule has 1 saturated heterocycles. The molecule has 0 aromatic carbocycles. The quantitative estimate of drug-likeness (QED) is 0.923. The summed E-state index contributed by atoms with van der Waals surface area (Å²) in [4.78, 5) is 4.79. The van der Waals surface area contributed by atoms with Crippen LogP contribution in [0.4, 0.5) is 0 Å². The third kappa shape index (κ3) is 2.91. The molecule has 2 atom stereocenters. The van der Waals surface area contributed by atoms with Gasteiger partial charge in [-0.25, -0.2) is 0 Å². The van der Waals surface area contributed by atoms with Gasteiger partial charge < -0.3 is 15.1 Å². The minimum Gasteiger partial charge on any atom is -0.453 e. The molecule has 96 valence electrons. The highest BCUT2D eigenvalue weighted by Crippen LogP contribution is 2.26. The Morgan fingerprint density at radius 1 is 1.53 bits per heavy atom. The minimum atomic E-state index is 0.192. The second kappa shape index (κ2) is 5.52. The van der Waals surface area contributed by atoms with Crippen LogP contribution in [0, 0.1) is 0 Å². The van der Waals surface area contributed by atoms with E-state index in [1.165, 1.54) is 0 Å². The van der Waals surface area contributed by atoms with Crippen LogP contribution in [0.2, 0.25) is 0 Å². The van der Waals surface area contributed by atoms with Gasteiger partial charge in [0.25, 0.3) is 0 Å². The average Bonchev–Trinajstić information content (AvgIpc) is 2.71. The van der Waals surface area contributed by atoms with E-state index in [1.807, 2.05) is 12.1 Å². The Labute approximate surface area is 111 Å². The van der Waals surface area contributed by atoms with E-state index in [2.05, 4.69) is 39.7 Å². The summed E-state index contributed by atoms with van der Waals surface area (Å²) in [6, 6.07) is 4.69. The first-order valence-corrected chi connectivity index (χ1v) is 6.80. The zero-order valence-corrected chi connectivity index (χ0v) is 12.0. The molecule has 1 aliphatic rings. The third-order valence-electron chi connectivity index (χ3n) is 3.58. The first-order chi connectivity index (χ1) is 8.11. The average molecular weight is 302 g/mol. The van der Waals surface area contributed by atoms with Crippen LogP contribution < -0.4 is 5.73 Å². The standard InChI is InChI=1S/C12H20BrN3O/c1-9-8-16(6-5-15(9)2)10(7-14)11-3-4-12(13)17-11/h3-4,9-10H,5-8,14H2,1-2H3. The van der Waals surface area contributed by atoms with Crippen molar-refractivity contribution in [3.05, 3.63) is 22.6 Å². The number of furan rings is 1. The highest BCUT2D eigenvalue weighted by atomic mass is 79.9. The van der Waals surface area contributed by atoms with E-state index in [0.29, 0.717) is 12.6 Å². The van der Waals surface area contributed by atoms with Crippen LogP contribution >= 0.6 is 15.9 Å². The Hall–Kier alpha value is -0.360. The fraction of sp³-hybridized carbons (Fsp3) is 0.667. The number of hydrogen-bond donors (Lipinski definition) is 1. The van der Waals surface area contributed by atoms with Crippen LogP contribution in [0.3, 0.4) is 0 Å². The van der Waals surface area contributed by atoms with E-state index in [0.717, 1.165) is 30.1 Å². The molecule has 17 heavy (non-hydrogen) atoms. The van der Waals surface area contributed by atoms with Crippen LogP contribution in [0.5, 0.6) is 0 Å². The molecular weight excluding hydrogens is 282 g/mol. The smallest absolute Gasteiger partial charge is 0.169 e. The number of piperazine rings is 1. The van der Waals surface area contributed by atoms with Crippen molar-refractivity contribution in [3.8, 4) is 0 Å². The lowest BCUT2D eigenvalue weighted by Crippen LogP contribution is -2.52. The summed E-state index contributed by atoms with van der Waals surface area (Å²) in [7, 11) is 2.17. The zero-order chi connectivity index (χ0) is 12.4. The van der Waals surface area contributed by atoms with Gasteiger partial charge in [0.15, 0.2) is 4.67 Å². The van der Waals surface area contributed by atoms with Gasteiger partial charge in [0.2, 0.25) is 0 Å². The van der Waals surface area contributed by atoms with E-state index in [9.17, 15) is 0 Å². The van der Waals surface area contributed by atoms with E-state index in [4.69, 9.17) is 10.2 Å². The van der Waals surface area contributed by atoms with Crippen molar-refractivity contribution in [1.82, 2.24) is 9.80 Å². The van der Waals surface area contributed by atoms with E-state index in [-0.39, 0.29) is 6.04 Å². The Morgan fingerprint density at radius 3 is 2.82 bits per heavy atom. The lowest BCUT2D eigenvalue weighted by molar-refractivity contribution is 0.0662. The number of likely N-dealkylation sites (N-methyl/N-ethyl adjacent to an activating group) is 1. The van der Waals surface area contributed by atoms with Crippen molar-refractivity contribution in [2.45, 2.75) is 19.0 Å². The summed E-state index contributed by atoms with van der Waals surface area (Å²) in [6.45, 7) is 6.01. The van der Waals surface area contributed by atoms with Crippen molar-refractivity contribution in [1.29, 1.82) is 0 Å². The highest BCUT2D eigenvalue weighted by Gasteiger charge is 2.28. The molecule has 5 heteroatoms. The van der Waals surface area contributed by atoms with Crippen molar-refractivity contribution in [2.24, 2.45) is 5.73 Å². The van der Waals surface area contributed by atoms with Gasteiger partial charge in [0, 0.05) is 32.2 Å². The van der Waals surface area contributed by atoms with Crippen molar-refractivity contribution in [2.75, 3.05) is 33.2 Å². The first kappa shape index (κ1) is 13.1. The van der Waals surface area contributed by atoms with Crippen LogP contribution in [0.1, 0.15) is 18.7 Å². The normalized spacial score (nSPS) is 25.1. The predicted octanol–water partition coefficient (Wildman–Crippen LogP) is 1.68. The fourth-order valence-corrected chi connectivity index (χ4v) is 2.63. The number of nitrogens with zero attached hydrogens (tertiary/aromatic N) is 2. The minimum absolute atomic E-state index is 0.192. The number of nitrogens with two attached hydrogens (primary N) is 1. The molecule has 0 radical (unpaired) electrons. The fourth-order valence-electron chi connectivity index (χ4n) is 2.31. The molecule has 1 fully saturated rings. The number of hydrogen-bond acceptors (Lipinski definition) is 4. The topological polar surface area (TPSA) is 45.6 Å². The molecule has 0 saturated carbocycles. The van der Waals surface area contributed by atoms with Gasteiger partial charge in [-0.05, 0) is 42.0 Å². The van der Waals surface area contributed by atoms with E-state index in [1.54, 1.807) is 0 Å². The van der Waals surface area contributed by atoms with Gasteiger partial charge >= 0.3 is 0 Å². The maximum Gasteiger partial charge on any atom is 0.169 e. The molecule has 4 nitrogen and oxygen atoms in total. The number of rotatable bonds is 3. The number of halogens is 1. The highest BCUT2D eigenvalue weighted by molar-refractivity contribution is 9.10. The molecule has 1 aromatic rings. The van der Waals surface area contributed by atoms with Crippen molar-refractivity contribution < 1.29 is 4.42 Å². The van der Waals surface area contributed by atoms with Gasteiger partial charge in [-0.2, -0.15) is 0 Å². The van der Waals surface area contributed by atoms with Crippen LogP contribution in [-0.2, 0) is 0 Å². The lowest BCUT2D eigenvalue weighted by atomic mass is 10.1. The van der Waals surface area contributed by atoms with Crippen LogP contribution in [0.25, 0.3) is 0 Å². The first-order valence-electron chi connectivity index (χ1n) is 6.01. The largest absolute Gasteiger partial charge is 0.453 e. The van der Waals surface area contributed by atoms with E-state index >= 15 is 0 Å². The molecule has 2 heterocycles. The summed E-state index contributed by atoms with van der Waals surface area (Å²) in [5, 5.41) is 0. The van der Waals surface area contributed by atoms with Gasteiger partial charge in [-0.1, -0.05) is 0 Å². The molecule has 1 aromatic heterocycles. The van der Waals surface area contributed by atoms with Gasteiger partial charge in [0.1, 0.15) is 5.76 Å². The van der Waals surface area contributed by atoms with Crippen molar-refractivity contribution in [3.63, 3.8) is 0 Å². The second-order valence-electron chi connectivity index (χ2n) is 4.72. The van der Waals surface area contributed by atoms with Crippen LogP contribution in [-0.4, -0.2) is 49.1 Å². The summed E-state index contributed by atoms with van der Waals surface area (Å²) in [5.74, 6) is 0.955. The Kier molecular flexibility index (Phi) is 4.25. The Balaban J connectivity index is 2.08. The third-order valence-corrected chi connectivity index (χ3v) is 4.00. The second-order valence-corrected chi connectivity index (χ2v) is 5.50. The lowest BCUT2D eigenvalue weighted by Gasteiger charge is -2.40. The Bertz CT molecular complexity index is 368. The zero-order valence-electron chi connectivity index (χ0n) is 10.4. The summed E-state index contributed by atoms with van der Waals surface area (Å²) in [6.07, 6.45) is 0. The molecule has 1 aliphatic heterocycles. The maximum absolute atomic E-state index is 5.89. The molecule has 0 amide bonds. The van der Waals surface area contributed by atoms with Gasteiger partial charge in [-0.3, -0.25) is 4.90 Å². The van der Waals surface area contributed by atoms with Crippen LogP contribution in [0.15, 0.2) is 21.2 Å². The monoisotopic (exact) mass is 301 g/mol. The molecule has 2 rings (SSSR count). The molecule has 2 unspecified atom stereocenters. The SMILES string of the molecule is CC1CN(C(CN)c2ccc(Br)o2)CCN1C. The van der Waals surface area contributed by atoms with Crippen molar-refractivity contribution >= 4 is 15.9 Å². The summed E-state index contributed by atoms with van der Waals surface area (Å²) < 4.78 is 6.40. The van der Waals surface area contributed by atoms with E-state index < -0.39 is 0 Å². The molecule has 0 aliphatic carbocycles. The summed E-state index contributed by atoms with van der Waals surface area (Å²) >= 11 is 3.34. The predicted molar refractivity (Wildman–Crippen MR) is 71.9 cm³/mol. The molecule has 0 spiro atoms. The molecule has 0 bridgehead atoms. The maximum atomic E-state index is 5.89. The molecule has 2 N–H and O–H groups in total. The Morgan fingerprint density at radius 2 is 2.29 bits per heavy atom. The van der Waals surface area contributed by atoms with Gasteiger partial charge in [-0.15, -0.1) is 0 Å². The van der Waals surface area contributed by atoms with Gasteiger partial charge in [0.05, 0.1) is 6.04 Å². The summed E-state index contributed by atoms with van der Waals surface area (Å²) in [5.41, 5.74) is 5.89.